The molecule has 2 aliphatic rings. The molecule has 0 unspecified atom stereocenters. The van der Waals surface area contributed by atoms with E-state index in [0.717, 1.165) is 31.7 Å². The van der Waals surface area contributed by atoms with Crippen molar-refractivity contribution in [3.05, 3.63) is 0 Å². The van der Waals surface area contributed by atoms with Crippen molar-refractivity contribution in [1.82, 2.24) is 10.2 Å². The lowest BCUT2D eigenvalue weighted by atomic mass is 9.78. The Labute approximate surface area is 112 Å². The van der Waals surface area contributed by atoms with E-state index in [0.29, 0.717) is 0 Å². The van der Waals surface area contributed by atoms with Gasteiger partial charge in [0.25, 0.3) is 0 Å². The number of methoxy groups -OCH3 is 1. The molecule has 18 heavy (non-hydrogen) atoms. The third-order valence-electron chi connectivity index (χ3n) is 4.64. The first-order chi connectivity index (χ1) is 8.92. The van der Waals surface area contributed by atoms with Gasteiger partial charge in [-0.3, -0.25) is 0 Å². The van der Waals surface area contributed by atoms with Crippen molar-refractivity contribution < 1.29 is 4.74 Å². The highest BCUT2D eigenvalue weighted by atomic mass is 16.5. The molecule has 0 aromatic heterocycles. The molecule has 3 heteroatoms. The Morgan fingerprint density at radius 2 is 1.94 bits per heavy atom. The van der Waals surface area contributed by atoms with Crippen LogP contribution in [-0.4, -0.2) is 50.8 Å². The molecule has 0 radical (unpaired) electrons. The number of piperidine rings is 1. The zero-order chi connectivity index (χ0) is 12.6. The summed E-state index contributed by atoms with van der Waals surface area (Å²) in [6, 6.07) is 0.923. The first kappa shape index (κ1) is 14.3. The number of hydrogen-bond acceptors (Lipinski definition) is 3. The Balaban J connectivity index is 1.62. The molecule has 2 atom stereocenters. The molecule has 0 spiro atoms. The van der Waals surface area contributed by atoms with Crippen molar-refractivity contribution in [2.75, 3.05) is 39.9 Å². The number of ether oxygens (including phenoxy) is 1. The number of rotatable bonds is 7. The summed E-state index contributed by atoms with van der Waals surface area (Å²) >= 11 is 0. The number of likely N-dealkylation sites (tertiary alicyclic amines) is 1. The Hall–Kier alpha value is -0.120. The largest absolute Gasteiger partial charge is 0.383 e. The van der Waals surface area contributed by atoms with E-state index >= 15 is 0 Å². The molecule has 0 amide bonds. The van der Waals surface area contributed by atoms with Gasteiger partial charge in [0, 0.05) is 19.7 Å². The van der Waals surface area contributed by atoms with Crippen LogP contribution in [0.1, 0.15) is 44.9 Å². The van der Waals surface area contributed by atoms with Gasteiger partial charge in [0.2, 0.25) is 0 Å². The van der Waals surface area contributed by atoms with Gasteiger partial charge < -0.3 is 15.0 Å². The molecular weight excluding hydrogens is 224 g/mol. The van der Waals surface area contributed by atoms with Crippen LogP contribution in [0.15, 0.2) is 0 Å². The Morgan fingerprint density at radius 3 is 2.83 bits per heavy atom. The Morgan fingerprint density at radius 1 is 1.11 bits per heavy atom. The third kappa shape index (κ3) is 4.22. The summed E-state index contributed by atoms with van der Waals surface area (Å²) in [7, 11) is 1.76. The van der Waals surface area contributed by atoms with Crippen LogP contribution in [0.25, 0.3) is 0 Å². The van der Waals surface area contributed by atoms with E-state index < -0.39 is 0 Å². The molecule has 2 rings (SSSR count). The van der Waals surface area contributed by atoms with Gasteiger partial charge in [-0.1, -0.05) is 12.8 Å². The number of nitrogens with one attached hydrogen (secondary N) is 1. The van der Waals surface area contributed by atoms with Gasteiger partial charge in [-0.25, -0.2) is 0 Å². The van der Waals surface area contributed by atoms with Crippen LogP contribution in [0.3, 0.4) is 0 Å². The summed E-state index contributed by atoms with van der Waals surface area (Å²) in [4.78, 5) is 2.78. The van der Waals surface area contributed by atoms with Gasteiger partial charge in [-0.05, 0) is 57.7 Å². The molecule has 1 N–H and O–H groups in total. The first-order valence-corrected chi connectivity index (χ1v) is 7.85. The van der Waals surface area contributed by atoms with E-state index in [1.165, 1.54) is 58.0 Å². The molecule has 106 valence electrons. The molecule has 1 aliphatic carbocycles. The van der Waals surface area contributed by atoms with Crippen LogP contribution in [0.5, 0.6) is 0 Å². The summed E-state index contributed by atoms with van der Waals surface area (Å²) < 4.78 is 5.04. The maximum absolute atomic E-state index is 5.04. The van der Waals surface area contributed by atoms with Gasteiger partial charge in [0.1, 0.15) is 0 Å². The minimum atomic E-state index is 0.828. The molecular formula is C15H30N2O. The monoisotopic (exact) mass is 254 g/mol. The van der Waals surface area contributed by atoms with Crippen LogP contribution in [0.2, 0.25) is 0 Å². The fourth-order valence-electron chi connectivity index (χ4n) is 3.71. The van der Waals surface area contributed by atoms with Crippen molar-refractivity contribution in [1.29, 1.82) is 0 Å². The second-order valence-corrected chi connectivity index (χ2v) is 5.89. The van der Waals surface area contributed by atoms with Crippen molar-refractivity contribution in [2.45, 2.75) is 51.0 Å². The van der Waals surface area contributed by atoms with Crippen LogP contribution in [0, 0.1) is 5.92 Å². The summed E-state index contributed by atoms with van der Waals surface area (Å²) in [5.74, 6) is 1.02. The second-order valence-electron chi connectivity index (χ2n) is 5.89. The number of nitrogens with zero attached hydrogens (tertiary/aromatic N) is 1. The van der Waals surface area contributed by atoms with Crippen LogP contribution < -0.4 is 5.32 Å². The molecule has 1 aliphatic heterocycles. The highest BCUT2D eigenvalue weighted by Crippen LogP contribution is 2.35. The van der Waals surface area contributed by atoms with Crippen LogP contribution in [-0.2, 0) is 4.74 Å². The number of fused-ring (bicyclic) bond motifs is 1. The van der Waals surface area contributed by atoms with Gasteiger partial charge in [0.15, 0.2) is 0 Å². The Bertz CT molecular complexity index is 221. The van der Waals surface area contributed by atoms with Gasteiger partial charge in [-0.2, -0.15) is 0 Å². The SMILES string of the molecule is COCCNCCCN1CCC[C@H]2CCCC[C@H]21. The van der Waals surface area contributed by atoms with E-state index in [1.54, 1.807) is 7.11 Å². The van der Waals surface area contributed by atoms with Crippen molar-refractivity contribution >= 4 is 0 Å². The second kappa shape index (κ2) is 8.13. The smallest absolute Gasteiger partial charge is 0.0587 e. The summed E-state index contributed by atoms with van der Waals surface area (Å²) in [6.45, 7) is 5.59. The van der Waals surface area contributed by atoms with Crippen molar-refractivity contribution in [3.8, 4) is 0 Å². The lowest BCUT2D eigenvalue weighted by Gasteiger charge is -2.44. The van der Waals surface area contributed by atoms with E-state index in [1.807, 2.05) is 0 Å². The molecule has 1 saturated heterocycles. The lowest BCUT2D eigenvalue weighted by molar-refractivity contribution is 0.0600. The third-order valence-corrected chi connectivity index (χ3v) is 4.64. The van der Waals surface area contributed by atoms with Crippen LogP contribution in [0.4, 0.5) is 0 Å². The summed E-state index contributed by atoms with van der Waals surface area (Å²) in [5, 5.41) is 3.45. The topological polar surface area (TPSA) is 24.5 Å². The van der Waals surface area contributed by atoms with E-state index in [-0.39, 0.29) is 0 Å². The summed E-state index contributed by atoms with van der Waals surface area (Å²) in [6.07, 6.45) is 10.1. The minimum absolute atomic E-state index is 0.828. The number of hydrogen-bond donors (Lipinski definition) is 1. The van der Waals surface area contributed by atoms with Gasteiger partial charge in [0.05, 0.1) is 6.61 Å². The average Bonchev–Trinajstić information content (AvgIpc) is 2.43. The molecule has 2 fully saturated rings. The standard InChI is InChI=1S/C15H30N2O/c1-18-13-10-16-9-5-12-17-11-4-7-14-6-2-3-8-15(14)17/h14-16H,2-13H2,1H3/t14-,15-/m1/s1. The zero-order valence-electron chi connectivity index (χ0n) is 12.0. The minimum Gasteiger partial charge on any atom is -0.383 e. The van der Waals surface area contributed by atoms with E-state index in [4.69, 9.17) is 4.74 Å². The lowest BCUT2D eigenvalue weighted by Crippen LogP contribution is -2.47. The predicted molar refractivity (Wildman–Crippen MR) is 75.9 cm³/mol. The zero-order valence-corrected chi connectivity index (χ0v) is 12.0. The highest BCUT2D eigenvalue weighted by Gasteiger charge is 2.32. The molecule has 0 bridgehead atoms. The quantitative estimate of drug-likeness (QED) is 0.705. The fourth-order valence-corrected chi connectivity index (χ4v) is 3.71. The molecule has 1 saturated carbocycles. The molecule has 0 aromatic carbocycles. The van der Waals surface area contributed by atoms with Gasteiger partial charge >= 0.3 is 0 Å². The highest BCUT2D eigenvalue weighted by molar-refractivity contribution is 4.87. The van der Waals surface area contributed by atoms with Crippen molar-refractivity contribution in [3.63, 3.8) is 0 Å². The van der Waals surface area contributed by atoms with E-state index in [9.17, 15) is 0 Å². The maximum Gasteiger partial charge on any atom is 0.0587 e. The molecule has 1 heterocycles. The van der Waals surface area contributed by atoms with Crippen LogP contribution >= 0.6 is 0 Å². The molecule has 3 nitrogen and oxygen atoms in total. The predicted octanol–water partition coefficient (Wildman–Crippen LogP) is 2.27. The average molecular weight is 254 g/mol. The Kier molecular flexibility index (Phi) is 6.46. The maximum atomic E-state index is 5.04. The summed E-state index contributed by atoms with van der Waals surface area (Å²) in [5.41, 5.74) is 0. The van der Waals surface area contributed by atoms with E-state index in [2.05, 4.69) is 10.2 Å². The normalized spacial score (nSPS) is 29.2. The first-order valence-electron chi connectivity index (χ1n) is 7.85. The fraction of sp³-hybridized carbons (Fsp3) is 1.00. The van der Waals surface area contributed by atoms with Gasteiger partial charge in [-0.15, -0.1) is 0 Å². The molecule has 0 aromatic rings. The van der Waals surface area contributed by atoms with Crippen molar-refractivity contribution in [2.24, 2.45) is 5.92 Å².